The number of methoxy groups -OCH3 is 1. The first-order chi connectivity index (χ1) is 10.9. The first kappa shape index (κ1) is 18.0. The van der Waals surface area contributed by atoms with E-state index in [-0.39, 0.29) is 5.75 Å². The van der Waals surface area contributed by atoms with Gasteiger partial charge in [-0.3, -0.25) is 0 Å². The Labute approximate surface area is 138 Å². The second-order valence-electron chi connectivity index (χ2n) is 5.97. The summed E-state index contributed by atoms with van der Waals surface area (Å²) in [5, 5.41) is 1.56. The number of benzene rings is 1. The van der Waals surface area contributed by atoms with Crippen LogP contribution in [0.4, 0.5) is 0 Å². The lowest BCUT2D eigenvalue weighted by atomic mass is 10.2. The lowest BCUT2D eigenvalue weighted by molar-refractivity contribution is -0.676. The van der Waals surface area contributed by atoms with Crippen molar-refractivity contribution in [2.45, 2.75) is 44.6 Å². The van der Waals surface area contributed by atoms with E-state index in [0.717, 1.165) is 38.1 Å². The van der Waals surface area contributed by atoms with Crippen molar-refractivity contribution in [2.75, 3.05) is 20.3 Å². The topological polar surface area (TPSA) is 78.4 Å². The summed E-state index contributed by atoms with van der Waals surface area (Å²) in [6, 6.07) is 5.38. The number of rotatable bonds is 8. The molecule has 0 radical (unpaired) electrons. The van der Waals surface area contributed by atoms with Gasteiger partial charge < -0.3 is 19.0 Å². The highest BCUT2D eigenvalue weighted by molar-refractivity contribution is 7.87. The Morgan fingerprint density at radius 2 is 2.13 bits per heavy atom. The monoisotopic (exact) mass is 344 g/mol. The molecule has 1 aromatic rings. The van der Waals surface area contributed by atoms with Crippen molar-refractivity contribution >= 4 is 10.1 Å². The van der Waals surface area contributed by atoms with Crippen molar-refractivity contribution in [2.24, 2.45) is 0 Å². The van der Waals surface area contributed by atoms with E-state index >= 15 is 0 Å². The van der Waals surface area contributed by atoms with Crippen LogP contribution in [-0.4, -0.2) is 40.0 Å². The van der Waals surface area contributed by atoms with Crippen molar-refractivity contribution in [3.05, 3.63) is 23.8 Å². The molecule has 1 saturated heterocycles. The molecule has 0 aromatic heterocycles. The smallest absolute Gasteiger partial charge is 0.311 e. The minimum absolute atomic E-state index is 0.240. The Balaban J connectivity index is 2.02. The van der Waals surface area contributed by atoms with Crippen LogP contribution in [0, 0.1) is 0 Å². The number of hydrogen-bond acceptors (Lipinski definition) is 5. The summed E-state index contributed by atoms with van der Waals surface area (Å²) in [6.45, 7) is 5.67. The van der Waals surface area contributed by atoms with E-state index in [1.807, 2.05) is 6.07 Å². The van der Waals surface area contributed by atoms with E-state index in [9.17, 15) is 8.42 Å². The normalized spacial score (nSPS) is 18.3. The molecule has 1 heterocycles. The molecular formula is C16H26NO5S+. The Hall–Kier alpha value is -1.31. The molecule has 2 rings (SSSR count). The summed E-state index contributed by atoms with van der Waals surface area (Å²) in [4.78, 5) is 0. The fourth-order valence-electron chi connectivity index (χ4n) is 2.40. The second-order valence-corrected chi connectivity index (χ2v) is 8.07. The minimum atomic E-state index is -3.64. The molecule has 6 nitrogen and oxygen atoms in total. The predicted octanol–water partition coefficient (Wildman–Crippen LogP) is 1.05. The molecule has 0 unspecified atom stereocenters. The van der Waals surface area contributed by atoms with Crippen LogP contribution in [0.15, 0.2) is 18.2 Å². The van der Waals surface area contributed by atoms with Crippen LogP contribution >= 0.6 is 0 Å². The minimum Gasteiger partial charge on any atom is -0.493 e. The molecule has 1 aromatic carbocycles. The summed E-state index contributed by atoms with van der Waals surface area (Å²) in [6.07, 6.45) is 2.57. The van der Waals surface area contributed by atoms with Crippen LogP contribution in [0.25, 0.3) is 0 Å². The zero-order valence-electron chi connectivity index (χ0n) is 13.9. The lowest BCUT2D eigenvalue weighted by Crippen LogP contribution is -2.84. The maximum atomic E-state index is 12.0. The van der Waals surface area contributed by atoms with Gasteiger partial charge in [0.25, 0.3) is 0 Å². The summed E-state index contributed by atoms with van der Waals surface area (Å²) in [5.41, 5.74) is 0.984. The third-order valence-electron chi connectivity index (χ3n) is 3.84. The standard InChI is InChI=1S/C16H25NO5S/c1-12(2)23(18,19)22-16-9-13(6-7-15(16)20-3)10-17-11-14-5-4-8-21-14/h6-7,9,12,14,17H,4-5,8,10-11H2,1-3H3/p+1/t14-/m1/s1. The molecular weight excluding hydrogens is 318 g/mol. The fourth-order valence-corrected chi connectivity index (χ4v) is 2.97. The van der Waals surface area contributed by atoms with Crippen LogP contribution in [0.5, 0.6) is 11.5 Å². The highest BCUT2D eigenvalue weighted by Gasteiger charge is 2.21. The quantitative estimate of drug-likeness (QED) is 0.713. The molecule has 0 bridgehead atoms. The van der Waals surface area contributed by atoms with Gasteiger partial charge in [0.2, 0.25) is 0 Å². The molecule has 0 amide bonds. The molecule has 7 heteroatoms. The van der Waals surface area contributed by atoms with Crippen molar-refractivity contribution in [3.8, 4) is 11.5 Å². The molecule has 1 atom stereocenters. The van der Waals surface area contributed by atoms with Crippen molar-refractivity contribution in [1.29, 1.82) is 0 Å². The van der Waals surface area contributed by atoms with Crippen LogP contribution < -0.4 is 14.2 Å². The van der Waals surface area contributed by atoms with Crippen LogP contribution in [0.3, 0.4) is 0 Å². The number of nitrogens with two attached hydrogens (primary N) is 1. The maximum Gasteiger partial charge on any atom is 0.311 e. The van der Waals surface area contributed by atoms with Gasteiger partial charge in [-0.15, -0.1) is 0 Å². The number of quaternary nitrogens is 1. The van der Waals surface area contributed by atoms with Gasteiger partial charge in [-0.05, 0) is 44.9 Å². The molecule has 0 saturated carbocycles. The Morgan fingerprint density at radius 1 is 1.35 bits per heavy atom. The second kappa shape index (κ2) is 7.99. The highest BCUT2D eigenvalue weighted by atomic mass is 32.2. The van der Waals surface area contributed by atoms with Gasteiger partial charge in [-0.1, -0.05) is 0 Å². The van der Waals surface area contributed by atoms with Gasteiger partial charge in [0.15, 0.2) is 11.5 Å². The van der Waals surface area contributed by atoms with Crippen LogP contribution in [-0.2, 0) is 21.4 Å². The van der Waals surface area contributed by atoms with E-state index in [2.05, 4.69) is 5.32 Å². The maximum absolute atomic E-state index is 12.0. The van der Waals surface area contributed by atoms with E-state index in [1.54, 1.807) is 26.0 Å². The molecule has 1 aliphatic heterocycles. The van der Waals surface area contributed by atoms with Gasteiger partial charge in [-0.2, -0.15) is 8.42 Å². The van der Waals surface area contributed by atoms with Gasteiger partial charge in [0.1, 0.15) is 19.2 Å². The molecule has 1 fully saturated rings. The van der Waals surface area contributed by atoms with Crippen molar-refractivity contribution in [3.63, 3.8) is 0 Å². The van der Waals surface area contributed by atoms with Gasteiger partial charge >= 0.3 is 10.1 Å². The summed E-state index contributed by atoms with van der Waals surface area (Å²) < 4.78 is 39.9. The molecule has 0 spiro atoms. The Kier molecular flexibility index (Phi) is 6.26. The highest BCUT2D eigenvalue weighted by Crippen LogP contribution is 2.29. The average Bonchev–Trinajstić information content (AvgIpc) is 3.00. The van der Waals surface area contributed by atoms with Gasteiger partial charge in [-0.25, -0.2) is 0 Å². The summed E-state index contributed by atoms with van der Waals surface area (Å²) >= 11 is 0. The Morgan fingerprint density at radius 3 is 2.74 bits per heavy atom. The fraction of sp³-hybridized carbons (Fsp3) is 0.625. The largest absolute Gasteiger partial charge is 0.493 e. The Bertz CT molecular complexity index is 609. The first-order valence-electron chi connectivity index (χ1n) is 7.96. The summed E-state index contributed by atoms with van der Waals surface area (Å²) in [7, 11) is -2.15. The third kappa shape index (κ3) is 5.09. The third-order valence-corrected chi connectivity index (χ3v) is 5.41. The zero-order chi connectivity index (χ0) is 16.9. The van der Waals surface area contributed by atoms with E-state index < -0.39 is 15.4 Å². The SMILES string of the molecule is COc1ccc(C[NH2+]C[C@H]2CCCO2)cc1OS(=O)(=O)C(C)C. The first-order valence-corrected chi connectivity index (χ1v) is 9.43. The molecule has 1 aliphatic rings. The van der Waals surface area contributed by atoms with Crippen LogP contribution in [0.1, 0.15) is 32.3 Å². The number of hydrogen-bond donors (Lipinski definition) is 1. The van der Waals surface area contributed by atoms with Crippen molar-refractivity contribution < 1.29 is 27.4 Å². The van der Waals surface area contributed by atoms with E-state index in [1.165, 1.54) is 7.11 Å². The molecule has 130 valence electrons. The zero-order valence-corrected chi connectivity index (χ0v) is 14.8. The van der Waals surface area contributed by atoms with Gasteiger partial charge in [0, 0.05) is 12.2 Å². The predicted molar refractivity (Wildman–Crippen MR) is 87.1 cm³/mol. The molecule has 2 N–H and O–H groups in total. The van der Waals surface area contributed by atoms with E-state index in [4.69, 9.17) is 13.7 Å². The molecule has 23 heavy (non-hydrogen) atoms. The lowest BCUT2D eigenvalue weighted by Gasteiger charge is -2.14. The van der Waals surface area contributed by atoms with Gasteiger partial charge in [0.05, 0.1) is 12.4 Å². The molecule has 0 aliphatic carbocycles. The summed E-state index contributed by atoms with van der Waals surface area (Å²) in [5.74, 6) is 0.654. The van der Waals surface area contributed by atoms with Crippen LogP contribution in [0.2, 0.25) is 0 Å². The average molecular weight is 344 g/mol. The van der Waals surface area contributed by atoms with E-state index in [0.29, 0.717) is 11.9 Å². The number of ether oxygens (including phenoxy) is 2. The van der Waals surface area contributed by atoms with Crippen molar-refractivity contribution in [1.82, 2.24) is 0 Å².